The predicted octanol–water partition coefficient (Wildman–Crippen LogP) is 2.49. The highest BCUT2D eigenvalue weighted by Crippen LogP contribution is 2.25. The summed E-state index contributed by atoms with van der Waals surface area (Å²) < 4.78 is 36.6. The number of fused-ring (bicyclic) bond motifs is 1. The maximum absolute atomic E-state index is 12.5. The number of benzene rings is 2. The maximum Gasteiger partial charge on any atom is 0.471 e. The summed E-state index contributed by atoms with van der Waals surface area (Å²) in [4.78, 5) is 49.1. The third-order valence-electron chi connectivity index (χ3n) is 4.52. The number of carbonyl (C=O) groups excluding carboxylic acids is 4. The van der Waals surface area contributed by atoms with Gasteiger partial charge in [-0.3, -0.25) is 24.1 Å². The molecule has 0 fully saturated rings. The lowest BCUT2D eigenvalue weighted by Gasteiger charge is -2.21. The summed E-state index contributed by atoms with van der Waals surface area (Å²) in [5.74, 6) is -3.78. The first-order valence-electron chi connectivity index (χ1n) is 8.81. The largest absolute Gasteiger partial charge is 0.471 e. The van der Waals surface area contributed by atoms with Crippen LogP contribution in [0, 0.1) is 0 Å². The van der Waals surface area contributed by atoms with Crippen molar-refractivity contribution < 1.29 is 32.3 Å². The molecule has 0 aromatic heterocycles. The number of hydrogen-bond acceptors (Lipinski definition) is 4. The zero-order valence-corrected chi connectivity index (χ0v) is 15.6. The van der Waals surface area contributed by atoms with Crippen molar-refractivity contribution in [2.24, 2.45) is 0 Å². The first-order chi connectivity index (χ1) is 14.1. The predicted molar refractivity (Wildman–Crippen MR) is 99.4 cm³/mol. The lowest BCUT2D eigenvalue weighted by molar-refractivity contribution is -0.173. The van der Waals surface area contributed by atoms with E-state index in [4.69, 9.17) is 0 Å². The van der Waals surface area contributed by atoms with Crippen molar-refractivity contribution in [3.8, 4) is 0 Å². The number of nitrogens with zero attached hydrogens (tertiary/aromatic N) is 1. The molecule has 1 unspecified atom stereocenters. The number of imide groups is 1. The van der Waals surface area contributed by atoms with Gasteiger partial charge in [0.1, 0.15) is 6.04 Å². The quantitative estimate of drug-likeness (QED) is 0.728. The Morgan fingerprint density at radius 2 is 1.50 bits per heavy atom. The lowest BCUT2D eigenvalue weighted by Crippen LogP contribution is -2.45. The second-order valence-corrected chi connectivity index (χ2v) is 6.57. The molecule has 7 nitrogen and oxygen atoms in total. The molecule has 10 heteroatoms. The minimum atomic E-state index is -4.96. The molecule has 0 radical (unpaired) electrons. The molecule has 0 saturated carbocycles. The van der Waals surface area contributed by atoms with Crippen molar-refractivity contribution in [3.63, 3.8) is 0 Å². The van der Waals surface area contributed by atoms with Crippen LogP contribution in [-0.2, 0) is 16.1 Å². The summed E-state index contributed by atoms with van der Waals surface area (Å²) in [7, 11) is 0. The van der Waals surface area contributed by atoms with Gasteiger partial charge in [-0.1, -0.05) is 24.3 Å². The Morgan fingerprint density at radius 1 is 0.967 bits per heavy atom. The van der Waals surface area contributed by atoms with Gasteiger partial charge in [-0.2, -0.15) is 13.2 Å². The third kappa shape index (κ3) is 4.17. The molecule has 3 rings (SSSR count). The van der Waals surface area contributed by atoms with Crippen LogP contribution in [-0.4, -0.2) is 40.7 Å². The van der Waals surface area contributed by atoms with Crippen LogP contribution in [0.4, 0.5) is 18.9 Å². The summed E-state index contributed by atoms with van der Waals surface area (Å²) >= 11 is 0. The van der Waals surface area contributed by atoms with Gasteiger partial charge in [0, 0.05) is 12.2 Å². The minimum Gasteiger partial charge on any atom is -0.344 e. The highest BCUT2D eigenvalue weighted by molar-refractivity contribution is 6.23. The van der Waals surface area contributed by atoms with Gasteiger partial charge in [-0.25, -0.2) is 0 Å². The van der Waals surface area contributed by atoms with Gasteiger partial charge in [0.2, 0.25) is 5.91 Å². The van der Waals surface area contributed by atoms with E-state index in [9.17, 15) is 32.3 Å². The molecule has 0 saturated heterocycles. The normalized spacial score (nSPS) is 14.3. The molecule has 4 amide bonds. The van der Waals surface area contributed by atoms with E-state index in [0.717, 1.165) is 4.90 Å². The van der Waals surface area contributed by atoms with Gasteiger partial charge in [0.15, 0.2) is 0 Å². The standard InChI is InChI=1S/C20H16F3N3O4/c1-11(26-17(28)14-4-2-3-5-15(14)18(26)29)16(27)25-13-8-6-12(7-9-13)10-24-19(30)20(21,22)23/h2-9,11H,10H2,1H3,(H,24,30)(H,25,27). The summed E-state index contributed by atoms with van der Waals surface area (Å²) in [6.07, 6.45) is -4.96. The Balaban J connectivity index is 1.62. The van der Waals surface area contributed by atoms with Gasteiger partial charge >= 0.3 is 12.1 Å². The van der Waals surface area contributed by atoms with E-state index in [0.29, 0.717) is 11.3 Å². The third-order valence-corrected chi connectivity index (χ3v) is 4.52. The molecule has 2 N–H and O–H groups in total. The monoisotopic (exact) mass is 419 g/mol. The number of rotatable bonds is 5. The highest BCUT2D eigenvalue weighted by Gasteiger charge is 2.40. The van der Waals surface area contributed by atoms with Crippen LogP contribution in [0.3, 0.4) is 0 Å². The average Bonchev–Trinajstić information content (AvgIpc) is 2.96. The SMILES string of the molecule is CC(C(=O)Nc1ccc(CNC(=O)C(F)(F)F)cc1)N1C(=O)c2ccccc2C1=O. The van der Waals surface area contributed by atoms with Crippen LogP contribution in [0.5, 0.6) is 0 Å². The Kier molecular flexibility index (Phi) is 5.59. The van der Waals surface area contributed by atoms with E-state index in [1.165, 1.54) is 43.3 Å². The Morgan fingerprint density at radius 3 is 2.00 bits per heavy atom. The smallest absolute Gasteiger partial charge is 0.344 e. The number of hydrogen-bond donors (Lipinski definition) is 2. The van der Waals surface area contributed by atoms with Crippen LogP contribution >= 0.6 is 0 Å². The zero-order chi connectivity index (χ0) is 22.1. The number of anilines is 1. The summed E-state index contributed by atoms with van der Waals surface area (Å²) in [6, 6.07) is 10.9. The zero-order valence-electron chi connectivity index (χ0n) is 15.6. The Bertz CT molecular complexity index is 984. The number of amides is 4. The molecular formula is C20H16F3N3O4. The molecule has 2 aromatic rings. The molecule has 0 aliphatic carbocycles. The summed E-state index contributed by atoms with van der Waals surface area (Å²) in [5, 5.41) is 4.29. The molecular weight excluding hydrogens is 403 g/mol. The summed E-state index contributed by atoms with van der Waals surface area (Å²) in [6.45, 7) is 1.08. The fraction of sp³-hybridized carbons (Fsp3) is 0.200. The molecule has 2 aromatic carbocycles. The second-order valence-electron chi connectivity index (χ2n) is 6.57. The Labute approximate surface area is 168 Å². The molecule has 1 atom stereocenters. The lowest BCUT2D eigenvalue weighted by atomic mass is 10.1. The molecule has 156 valence electrons. The molecule has 1 aliphatic rings. The van der Waals surface area contributed by atoms with Crippen molar-refractivity contribution in [2.75, 3.05) is 5.32 Å². The van der Waals surface area contributed by atoms with Crippen LogP contribution in [0.1, 0.15) is 33.2 Å². The summed E-state index contributed by atoms with van der Waals surface area (Å²) in [5.41, 5.74) is 1.16. The van der Waals surface area contributed by atoms with Gasteiger partial charge in [0.05, 0.1) is 11.1 Å². The number of carbonyl (C=O) groups is 4. The fourth-order valence-electron chi connectivity index (χ4n) is 2.91. The minimum absolute atomic E-state index is 0.229. The van der Waals surface area contributed by atoms with E-state index in [2.05, 4.69) is 5.32 Å². The highest BCUT2D eigenvalue weighted by atomic mass is 19.4. The molecule has 1 heterocycles. The molecule has 0 spiro atoms. The van der Waals surface area contributed by atoms with Crippen LogP contribution in [0.25, 0.3) is 0 Å². The van der Waals surface area contributed by atoms with Crippen LogP contribution < -0.4 is 10.6 Å². The first kappa shape index (κ1) is 21.0. The topological polar surface area (TPSA) is 95.6 Å². The van der Waals surface area contributed by atoms with E-state index in [1.54, 1.807) is 17.4 Å². The molecule has 0 bridgehead atoms. The van der Waals surface area contributed by atoms with Crippen molar-refractivity contribution in [2.45, 2.75) is 25.7 Å². The van der Waals surface area contributed by atoms with E-state index in [1.807, 2.05) is 0 Å². The van der Waals surface area contributed by atoms with Crippen LogP contribution in [0.2, 0.25) is 0 Å². The van der Waals surface area contributed by atoms with Crippen molar-refractivity contribution in [1.82, 2.24) is 10.2 Å². The van der Waals surface area contributed by atoms with E-state index in [-0.39, 0.29) is 17.7 Å². The van der Waals surface area contributed by atoms with Gasteiger partial charge < -0.3 is 10.6 Å². The number of halogens is 3. The Hall–Kier alpha value is -3.69. The van der Waals surface area contributed by atoms with Crippen molar-refractivity contribution in [1.29, 1.82) is 0 Å². The first-order valence-corrected chi connectivity index (χ1v) is 8.81. The van der Waals surface area contributed by atoms with Gasteiger partial charge in [-0.05, 0) is 36.8 Å². The molecule has 1 aliphatic heterocycles. The van der Waals surface area contributed by atoms with Gasteiger partial charge in [-0.15, -0.1) is 0 Å². The number of nitrogens with one attached hydrogen (secondary N) is 2. The van der Waals surface area contributed by atoms with Crippen molar-refractivity contribution >= 4 is 29.3 Å². The fourth-order valence-corrected chi connectivity index (χ4v) is 2.91. The van der Waals surface area contributed by atoms with Crippen molar-refractivity contribution in [3.05, 3.63) is 65.2 Å². The second kappa shape index (κ2) is 7.97. The average molecular weight is 419 g/mol. The molecule has 30 heavy (non-hydrogen) atoms. The maximum atomic E-state index is 12.5. The van der Waals surface area contributed by atoms with E-state index >= 15 is 0 Å². The van der Waals surface area contributed by atoms with Gasteiger partial charge in [0.25, 0.3) is 11.8 Å². The number of alkyl halides is 3. The van der Waals surface area contributed by atoms with E-state index < -0.39 is 35.8 Å². The van der Waals surface area contributed by atoms with Crippen LogP contribution in [0.15, 0.2) is 48.5 Å².